The summed E-state index contributed by atoms with van der Waals surface area (Å²) in [6, 6.07) is 0. The second-order valence-corrected chi connectivity index (χ2v) is 7.62. The molecule has 0 aromatic carbocycles. The molecule has 2 atom stereocenters. The first-order valence-electron chi connectivity index (χ1n) is 7.84. The molecule has 4 fully saturated rings. The van der Waals surface area contributed by atoms with Crippen LogP contribution in [0.15, 0.2) is 5.11 Å². The predicted molar refractivity (Wildman–Crippen MR) is 76.9 cm³/mol. The summed E-state index contributed by atoms with van der Waals surface area (Å²) >= 11 is 0. The minimum Gasteiger partial charge on any atom is -0.356 e. The minimum atomic E-state index is -0.0860. The zero-order chi connectivity index (χ0) is 14.2. The van der Waals surface area contributed by atoms with E-state index in [1.807, 2.05) is 0 Å². The van der Waals surface area contributed by atoms with E-state index in [1.54, 1.807) is 0 Å². The van der Waals surface area contributed by atoms with E-state index in [0.29, 0.717) is 18.5 Å². The Morgan fingerprint density at radius 2 is 2.05 bits per heavy atom. The molecule has 1 N–H and O–H groups in total. The van der Waals surface area contributed by atoms with Crippen molar-refractivity contribution in [1.82, 2.24) is 5.32 Å². The smallest absolute Gasteiger partial charge is 0.226 e. The van der Waals surface area contributed by atoms with Crippen LogP contribution in [0, 0.1) is 22.7 Å². The topological polar surface area (TPSA) is 77.9 Å². The van der Waals surface area contributed by atoms with Crippen molar-refractivity contribution in [3.05, 3.63) is 10.4 Å². The van der Waals surface area contributed by atoms with Crippen molar-refractivity contribution >= 4 is 5.91 Å². The summed E-state index contributed by atoms with van der Waals surface area (Å²) in [7, 11) is 0. The van der Waals surface area contributed by atoms with Crippen LogP contribution in [-0.2, 0) is 4.79 Å². The van der Waals surface area contributed by atoms with Crippen molar-refractivity contribution in [2.45, 2.75) is 51.9 Å². The number of hydrogen-bond acceptors (Lipinski definition) is 2. The van der Waals surface area contributed by atoms with E-state index in [4.69, 9.17) is 5.53 Å². The number of hydrogen-bond donors (Lipinski definition) is 1. The third-order valence-electron chi connectivity index (χ3n) is 5.62. The molecule has 0 aromatic rings. The highest BCUT2D eigenvalue weighted by Gasteiger charge is 2.58. The lowest BCUT2D eigenvalue weighted by Gasteiger charge is -2.60. The molecule has 20 heavy (non-hydrogen) atoms. The zero-order valence-corrected chi connectivity index (χ0v) is 12.3. The van der Waals surface area contributed by atoms with E-state index in [9.17, 15) is 4.79 Å². The average Bonchev–Trinajstić information content (AvgIpc) is 2.35. The maximum atomic E-state index is 12.7. The van der Waals surface area contributed by atoms with Gasteiger partial charge in [-0.15, -0.1) is 0 Å². The lowest BCUT2D eigenvalue weighted by molar-refractivity contribution is -0.155. The fourth-order valence-corrected chi connectivity index (χ4v) is 5.57. The second-order valence-electron chi connectivity index (χ2n) is 7.62. The molecule has 0 aliphatic heterocycles. The first kappa shape index (κ1) is 13.7. The van der Waals surface area contributed by atoms with Gasteiger partial charge in [-0.25, -0.2) is 0 Å². The van der Waals surface area contributed by atoms with Crippen LogP contribution < -0.4 is 5.32 Å². The van der Waals surface area contributed by atoms with Gasteiger partial charge >= 0.3 is 0 Å². The molecule has 2 unspecified atom stereocenters. The van der Waals surface area contributed by atoms with Crippen molar-refractivity contribution in [2.75, 3.05) is 13.1 Å². The first-order valence-corrected chi connectivity index (χ1v) is 7.84. The van der Waals surface area contributed by atoms with Crippen molar-refractivity contribution in [3.8, 4) is 0 Å². The molecular weight excluding hydrogens is 252 g/mol. The minimum absolute atomic E-state index is 0.0860. The van der Waals surface area contributed by atoms with Gasteiger partial charge in [0.1, 0.15) is 0 Å². The lowest BCUT2D eigenvalue weighted by atomic mass is 9.44. The highest BCUT2D eigenvalue weighted by atomic mass is 16.2. The third-order valence-corrected chi connectivity index (χ3v) is 5.62. The van der Waals surface area contributed by atoms with E-state index in [2.05, 4.69) is 22.3 Å². The molecule has 4 rings (SSSR count). The number of carbonyl (C=O) groups excluding carboxylic acids is 1. The Morgan fingerprint density at radius 3 is 2.65 bits per heavy atom. The maximum Gasteiger partial charge on any atom is 0.226 e. The fraction of sp³-hybridized carbons (Fsp3) is 0.933. The Kier molecular flexibility index (Phi) is 3.41. The van der Waals surface area contributed by atoms with Gasteiger partial charge in [0.05, 0.1) is 5.41 Å². The average molecular weight is 276 g/mol. The van der Waals surface area contributed by atoms with Crippen molar-refractivity contribution in [1.29, 1.82) is 0 Å². The van der Waals surface area contributed by atoms with E-state index >= 15 is 0 Å². The molecule has 0 saturated heterocycles. The van der Waals surface area contributed by atoms with Crippen LogP contribution in [0.5, 0.6) is 0 Å². The third kappa shape index (κ3) is 2.39. The van der Waals surface area contributed by atoms with E-state index < -0.39 is 0 Å². The quantitative estimate of drug-likeness (QED) is 0.355. The number of amides is 1. The normalized spacial score (nSPS) is 41.2. The summed E-state index contributed by atoms with van der Waals surface area (Å²) in [4.78, 5) is 15.4. The van der Waals surface area contributed by atoms with Crippen LogP contribution in [0.25, 0.3) is 10.4 Å². The van der Waals surface area contributed by atoms with Crippen LogP contribution in [-0.4, -0.2) is 19.0 Å². The van der Waals surface area contributed by atoms with Gasteiger partial charge < -0.3 is 5.32 Å². The Hall–Kier alpha value is -1.22. The molecular formula is C15H24N4O. The highest BCUT2D eigenvalue weighted by molar-refractivity contribution is 5.83. The van der Waals surface area contributed by atoms with Gasteiger partial charge in [0, 0.05) is 18.0 Å². The molecule has 0 heterocycles. The molecule has 0 aromatic heterocycles. The summed E-state index contributed by atoms with van der Waals surface area (Å²) < 4.78 is 0. The number of azide groups is 1. The molecule has 4 saturated carbocycles. The van der Waals surface area contributed by atoms with Crippen molar-refractivity contribution in [3.63, 3.8) is 0 Å². The van der Waals surface area contributed by atoms with Crippen LogP contribution in [0.4, 0.5) is 0 Å². The van der Waals surface area contributed by atoms with Gasteiger partial charge in [0.15, 0.2) is 0 Å². The van der Waals surface area contributed by atoms with Crippen molar-refractivity contribution in [2.24, 2.45) is 27.8 Å². The lowest BCUT2D eigenvalue weighted by Crippen LogP contribution is -2.56. The van der Waals surface area contributed by atoms with E-state index in [1.165, 1.54) is 19.3 Å². The molecule has 0 spiro atoms. The van der Waals surface area contributed by atoms with Crippen LogP contribution in [0.3, 0.4) is 0 Å². The van der Waals surface area contributed by atoms with Gasteiger partial charge in [-0.2, -0.15) is 0 Å². The van der Waals surface area contributed by atoms with Gasteiger partial charge in [0.25, 0.3) is 0 Å². The summed E-state index contributed by atoms with van der Waals surface area (Å²) in [5, 5.41) is 6.59. The van der Waals surface area contributed by atoms with Crippen LogP contribution >= 0.6 is 0 Å². The largest absolute Gasteiger partial charge is 0.356 e. The number of nitrogens with one attached hydrogen (secondary N) is 1. The molecule has 4 aliphatic rings. The maximum absolute atomic E-state index is 12.7. The van der Waals surface area contributed by atoms with Crippen LogP contribution in [0.2, 0.25) is 0 Å². The molecule has 110 valence electrons. The number of carbonyl (C=O) groups is 1. The van der Waals surface area contributed by atoms with E-state index in [-0.39, 0.29) is 11.3 Å². The molecule has 0 radical (unpaired) electrons. The summed E-state index contributed by atoms with van der Waals surface area (Å²) in [5.41, 5.74) is 8.55. The van der Waals surface area contributed by atoms with Crippen LogP contribution in [0.1, 0.15) is 51.9 Å². The first-order chi connectivity index (χ1) is 9.55. The predicted octanol–water partition coefficient (Wildman–Crippen LogP) is 3.41. The summed E-state index contributed by atoms with van der Waals surface area (Å²) in [6.45, 7) is 3.48. The van der Waals surface area contributed by atoms with Gasteiger partial charge in [-0.3, -0.25) is 4.79 Å². The Bertz CT molecular complexity index is 441. The summed E-state index contributed by atoms with van der Waals surface area (Å²) in [6.07, 6.45) is 8.01. The Balaban J connectivity index is 1.61. The fourth-order valence-electron chi connectivity index (χ4n) is 5.57. The summed E-state index contributed by atoms with van der Waals surface area (Å²) in [5.74, 6) is 1.81. The molecule has 5 nitrogen and oxygen atoms in total. The molecule has 1 amide bonds. The molecule has 5 heteroatoms. The number of nitrogens with zero attached hydrogens (tertiary/aromatic N) is 3. The standard InChI is InChI=1S/C15H24N4O/c1-14-6-11-5-12(7-14)9-15(8-11,10-14)13(20)17-3-2-4-18-19-16/h11-12H,2-10H2,1H3,(H,17,20). The molecule has 4 bridgehead atoms. The van der Waals surface area contributed by atoms with Gasteiger partial charge in [-0.1, -0.05) is 12.0 Å². The van der Waals surface area contributed by atoms with Crippen molar-refractivity contribution < 1.29 is 4.79 Å². The Morgan fingerprint density at radius 1 is 1.35 bits per heavy atom. The van der Waals surface area contributed by atoms with Gasteiger partial charge in [0.2, 0.25) is 5.91 Å². The zero-order valence-electron chi connectivity index (χ0n) is 12.3. The highest BCUT2D eigenvalue weighted by Crippen LogP contribution is 2.65. The second kappa shape index (κ2) is 4.96. The SMILES string of the molecule is CC12CC3CC(C1)CC(C(=O)NCCCN=[N+]=[N-])(C3)C2. The number of rotatable bonds is 5. The Labute approximate surface area is 120 Å². The van der Waals surface area contributed by atoms with E-state index in [0.717, 1.165) is 37.5 Å². The van der Waals surface area contributed by atoms with Gasteiger partial charge in [-0.05, 0) is 67.7 Å². The molecule has 4 aliphatic carbocycles. The monoisotopic (exact) mass is 276 g/mol.